The zero-order valence-corrected chi connectivity index (χ0v) is 30.8. The predicted molar refractivity (Wildman–Crippen MR) is 227 cm³/mol. The van der Waals surface area contributed by atoms with Crippen molar-refractivity contribution >= 4 is 58.4 Å². The molecule has 0 bridgehead atoms. The van der Waals surface area contributed by atoms with Gasteiger partial charge >= 0.3 is 0 Å². The topological polar surface area (TPSA) is 15.7 Å². The van der Waals surface area contributed by atoms with Gasteiger partial charge in [-0.15, -0.1) is 0 Å². The number of hydrogen-bond donors (Lipinski definition) is 0. The first-order chi connectivity index (χ1) is 25.9. The van der Waals surface area contributed by atoms with Gasteiger partial charge in [-0.05, 0) is 128 Å². The van der Waals surface area contributed by atoms with E-state index >= 15 is 0 Å². The van der Waals surface area contributed by atoms with Gasteiger partial charge in [0.05, 0.1) is 7.11 Å². The van der Waals surface area contributed by atoms with E-state index in [-0.39, 0.29) is 0 Å². The van der Waals surface area contributed by atoms with Gasteiger partial charge in [0, 0.05) is 34.1 Å². The smallest absolute Gasteiger partial charge is 0.119 e. The molecule has 7 aromatic rings. The minimum Gasteiger partial charge on any atom is -0.497 e. The third kappa shape index (κ3) is 8.49. The molecule has 0 unspecified atom stereocenters. The Kier molecular flexibility index (Phi) is 10.6. The van der Waals surface area contributed by atoms with Crippen molar-refractivity contribution in [1.29, 1.82) is 0 Å². The maximum absolute atomic E-state index is 5.41. The van der Waals surface area contributed by atoms with E-state index in [1.165, 1.54) is 16.7 Å². The molecule has 260 valence electrons. The van der Waals surface area contributed by atoms with Crippen LogP contribution in [-0.2, 0) is 0 Å². The molecule has 0 aliphatic carbocycles. The SMILES string of the molecule is COc1ccc(N(c2ccc(C)cc2)c2ccc(C=Cc3ccccc3C=Cc3ccc(N(c4ccc(C)cc4)c4ccc(C)cc4)cc3)cc2)cc1. The van der Waals surface area contributed by atoms with E-state index in [4.69, 9.17) is 4.74 Å². The summed E-state index contributed by atoms with van der Waals surface area (Å²) in [6.07, 6.45) is 8.76. The molecular formula is C50H44N2O. The van der Waals surface area contributed by atoms with Gasteiger partial charge in [-0.25, -0.2) is 0 Å². The summed E-state index contributed by atoms with van der Waals surface area (Å²) >= 11 is 0. The van der Waals surface area contributed by atoms with Gasteiger partial charge in [-0.3, -0.25) is 0 Å². The van der Waals surface area contributed by atoms with E-state index < -0.39 is 0 Å². The largest absolute Gasteiger partial charge is 0.497 e. The fourth-order valence-electron chi connectivity index (χ4n) is 6.36. The highest BCUT2D eigenvalue weighted by molar-refractivity contribution is 5.82. The van der Waals surface area contributed by atoms with Crippen molar-refractivity contribution in [1.82, 2.24) is 0 Å². The van der Waals surface area contributed by atoms with Crippen molar-refractivity contribution in [2.45, 2.75) is 20.8 Å². The molecule has 3 heteroatoms. The van der Waals surface area contributed by atoms with E-state index in [0.29, 0.717) is 0 Å². The summed E-state index contributed by atoms with van der Waals surface area (Å²) < 4.78 is 5.41. The van der Waals surface area contributed by atoms with Gasteiger partial charge in [0.2, 0.25) is 0 Å². The summed E-state index contributed by atoms with van der Waals surface area (Å²) in [6.45, 7) is 6.36. The van der Waals surface area contributed by atoms with Crippen LogP contribution in [0.1, 0.15) is 38.9 Å². The normalized spacial score (nSPS) is 11.2. The number of nitrogens with zero attached hydrogens (tertiary/aromatic N) is 2. The molecular weight excluding hydrogens is 645 g/mol. The molecule has 3 nitrogen and oxygen atoms in total. The predicted octanol–water partition coefficient (Wildman–Crippen LogP) is 13.9. The summed E-state index contributed by atoms with van der Waals surface area (Å²) in [4.78, 5) is 4.57. The molecule has 0 aliphatic heterocycles. The number of benzene rings is 7. The second-order valence-corrected chi connectivity index (χ2v) is 13.4. The monoisotopic (exact) mass is 688 g/mol. The van der Waals surface area contributed by atoms with Crippen molar-refractivity contribution in [2.75, 3.05) is 16.9 Å². The molecule has 0 N–H and O–H groups in total. The third-order valence-electron chi connectivity index (χ3n) is 9.42. The van der Waals surface area contributed by atoms with Crippen molar-refractivity contribution in [3.05, 3.63) is 209 Å². The Balaban J connectivity index is 1.09. The van der Waals surface area contributed by atoms with Crippen LogP contribution in [0.4, 0.5) is 34.1 Å². The molecule has 0 amide bonds. The van der Waals surface area contributed by atoms with Crippen LogP contribution in [0.2, 0.25) is 0 Å². The van der Waals surface area contributed by atoms with Crippen molar-refractivity contribution in [3.63, 3.8) is 0 Å². The highest BCUT2D eigenvalue weighted by Gasteiger charge is 2.14. The lowest BCUT2D eigenvalue weighted by molar-refractivity contribution is 0.415. The zero-order valence-electron chi connectivity index (χ0n) is 30.8. The average Bonchev–Trinajstić information content (AvgIpc) is 3.20. The van der Waals surface area contributed by atoms with Crippen LogP contribution in [0.3, 0.4) is 0 Å². The Labute approximate surface area is 314 Å². The molecule has 7 rings (SSSR count). The highest BCUT2D eigenvalue weighted by Crippen LogP contribution is 2.37. The number of rotatable bonds is 11. The number of anilines is 6. The fraction of sp³-hybridized carbons (Fsp3) is 0.0800. The van der Waals surface area contributed by atoms with E-state index in [1.54, 1.807) is 7.11 Å². The van der Waals surface area contributed by atoms with Crippen LogP contribution < -0.4 is 14.5 Å². The average molecular weight is 689 g/mol. The lowest BCUT2D eigenvalue weighted by atomic mass is 10.0. The number of methoxy groups -OCH3 is 1. The molecule has 0 radical (unpaired) electrons. The van der Waals surface area contributed by atoms with Crippen LogP contribution in [-0.4, -0.2) is 7.11 Å². The van der Waals surface area contributed by atoms with E-state index in [0.717, 1.165) is 62.1 Å². The van der Waals surface area contributed by atoms with Gasteiger partial charge in [0.1, 0.15) is 5.75 Å². The van der Waals surface area contributed by atoms with Crippen LogP contribution >= 0.6 is 0 Å². The minimum atomic E-state index is 0.838. The molecule has 0 aromatic heterocycles. The maximum Gasteiger partial charge on any atom is 0.119 e. The lowest BCUT2D eigenvalue weighted by Gasteiger charge is -2.26. The summed E-state index contributed by atoms with van der Waals surface area (Å²) in [5, 5.41) is 0. The van der Waals surface area contributed by atoms with Crippen molar-refractivity contribution in [3.8, 4) is 5.75 Å². The minimum absolute atomic E-state index is 0.838. The first-order valence-electron chi connectivity index (χ1n) is 18.0. The van der Waals surface area contributed by atoms with Crippen LogP contribution in [0.25, 0.3) is 24.3 Å². The highest BCUT2D eigenvalue weighted by atomic mass is 16.5. The molecule has 0 saturated carbocycles. The second kappa shape index (κ2) is 16.2. The standard InChI is InChI=1S/C50H44N2O/c1-37-9-23-44(24-10-37)51(45-25-11-38(2)12-26-45)47-29-17-40(18-30-47)15-21-42-7-5-6-8-43(42)22-16-41-19-31-48(32-20-41)52(46-27-13-39(3)14-28-46)49-33-35-50(53-4)36-34-49/h5-36H,1-4H3. The molecule has 53 heavy (non-hydrogen) atoms. The summed E-state index contributed by atoms with van der Waals surface area (Å²) in [6, 6.07) is 60.2. The Morgan fingerprint density at radius 2 is 0.623 bits per heavy atom. The van der Waals surface area contributed by atoms with Crippen LogP contribution in [0, 0.1) is 20.8 Å². The third-order valence-corrected chi connectivity index (χ3v) is 9.42. The quantitative estimate of drug-likeness (QED) is 0.126. The fourth-order valence-corrected chi connectivity index (χ4v) is 6.36. The lowest BCUT2D eigenvalue weighted by Crippen LogP contribution is -2.09. The molecule has 0 fully saturated rings. The second-order valence-electron chi connectivity index (χ2n) is 13.4. The molecule has 0 aliphatic rings. The molecule has 7 aromatic carbocycles. The first-order valence-corrected chi connectivity index (χ1v) is 18.0. The van der Waals surface area contributed by atoms with Crippen LogP contribution in [0.5, 0.6) is 5.75 Å². The molecule has 0 saturated heterocycles. The summed E-state index contributed by atoms with van der Waals surface area (Å²) in [5.41, 5.74) is 15.0. The van der Waals surface area contributed by atoms with E-state index in [1.807, 2.05) is 12.1 Å². The molecule has 0 spiro atoms. The number of ether oxygens (including phenoxy) is 1. The van der Waals surface area contributed by atoms with Gasteiger partial charge in [-0.1, -0.05) is 126 Å². The van der Waals surface area contributed by atoms with Gasteiger partial charge in [0.25, 0.3) is 0 Å². The van der Waals surface area contributed by atoms with Crippen molar-refractivity contribution < 1.29 is 4.74 Å². The number of aryl methyl sites for hydroxylation is 3. The summed E-state index contributed by atoms with van der Waals surface area (Å²) in [7, 11) is 1.69. The number of hydrogen-bond acceptors (Lipinski definition) is 3. The van der Waals surface area contributed by atoms with Gasteiger partial charge in [-0.2, -0.15) is 0 Å². The Hall–Kier alpha value is -6.58. The van der Waals surface area contributed by atoms with Crippen molar-refractivity contribution in [2.24, 2.45) is 0 Å². The van der Waals surface area contributed by atoms with E-state index in [2.05, 4.69) is 213 Å². The van der Waals surface area contributed by atoms with Crippen LogP contribution in [0.15, 0.2) is 170 Å². The Morgan fingerprint density at radius 1 is 0.340 bits per heavy atom. The molecule has 0 heterocycles. The van der Waals surface area contributed by atoms with E-state index in [9.17, 15) is 0 Å². The zero-order chi connectivity index (χ0) is 36.6. The first kappa shape index (κ1) is 34.9. The van der Waals surface area contributed by atoms with Gasteiger partial charge < -0.3 is 14.5 Å². The summed E-state index contributed by atoms with van der Waals surface area (Å²) in [5.74, 6) is 0.838. The molecule has 0 atom stereocenters. The Morgan fingerprint density at radius 3 is 0.925 bits per heavy atom. The van der Waals surface area contributed by atoms with Gasteiger partial charge in [0.15, 0.2) is 0 Å². The maximum atomic E-state index is 5.41. The Bertz CT molecular complexity index is 2260.